The molecule has 360 valence electrons. The molecule has 0 aliphatic carbocycles. The van der Waals surface area contributed by atoms with Crippen LogP contribution in [0.3, 0.4) is 0 Å². The third kappa shape index (κ3) is 24.6. The molecular formula is C47H88O14. The standard InChI is InChI=1S/C47H88O14/c1-3-5-7-9-11-13-15-16-17-18-19-20-21-23-25-27-29-31-56-33-36(59-39(49)30-28-26-24-22-14-12-10-8-6-4-2)34-57-46-45(55)43(53)41(51)38(61-46)35-58-47-44(54)42(52)40(50)37(32-48)60-47/h17-18,36-38,40-48,50-55H,3-16,19-35H2,1-2H3/b18-17-. The Morgan fingerprint density at radius 1 is 0.525 bits per heavy atom. The van der Waals surface area contributed by atoms with Gasteiger partial charge in [0, 0.05) is 13.0 Å². The van der Waals surface area contributed by atoms with Crippen molar-refractivity contribution in [3.63, 3.8) is 0 Å². The molecule has 0 aromatic heterocycles. The molecule has 0 aromatic carbocycles. The van der Waals surface area contributed by atoms with Gasteiger partial charge in [0.25, 0.3) is 0 Å². The van der Waals surface area contributed by atoms with Crippen LogP contribution < -0.4 is 0 Å². The van der Waals surface area contributed by atoms with E-state index in [1.807, 2.05) is 0 Å². The van der Waals surface area contributed by atoms with E-state index in [0.29, 0.717) is 13.0 Å². The molecule has 2 aliphatic heterocycles. The molecule has 2 saturated heterocycles. The van der Waals surface area contributed by atoms with Crippen LogP contribution >= 0.6 is 0 Å². The van der Waals surface area contributed by atoms with Crippen LogP contribution in [-0.4, -0.2) is 142 Å². The number of allylic oxidation sites excluding steroid dienone is 2. The monoisotopic (exact) mass is 877 g/mol. The summed E-state index contributed by atoms with van der Waals surface area (Å²) in [5, 5.41) is 71.9. The maximum atomic E-state index is 12.9. The first-order valence-corrected chi connectivity index (χ1v) is 24.3. The number of carbonyl (C=O) groups is 1. The highest BCUT2D eigenvalue weighted by Gasteiger charge is 2.47. The van der Waals surface area contributed by atoms with Crippen LogP contribution in [-0.2, 0) is 33.2 Å². The van der Waals surface area contributed by atoms with Crippen LogP contribution in [0, 0.1) is 0 Å². The first-order valence-electron chi connectivity index (χ1n) is 24.3. The lowest BCUT2D eigenvalue weighted by Crippen LogP contribution is -2.61. The fourth-order valence-electron chi connectivity index (χ4n) is 7.75. The Morgan fingerprint density at radius 2 is 0.967 bits per heavy atom. The Labute approximate surface area is 367 Å². The molecule has 14 heteroatoms. The van der Waals surface area contributed by atoms with Crippen molar-refractivity contribution in [3.8, 4) is 0 Å². The number of ether oxygens (including phenoxy) is 6. The highest BCUT2D eigenvalue weighted by molar-refractivity contribution is 5.69. The largest absolute Gasteiger partial charge is 0.457 e. The zero-order chi connectivity index (χ0) is 44.5. The summed E-state index contributed by atoms with van der Waals surface area (Å²) in [5.41, 5.74) is 0. The van der Waals surface area contributed by atoms with E-state index in [1.54, 1.807) is 0 Å². The van der Waals surface area contributed by atoms with Crippen molar-refractivity contribution in [2.75, 3.05) is 33.0 Å². The average Bonchev–Trinajstić information content (AvgIpc) is 3.25. The summed E-state index contributed by atoms with van der Waals surface area (Å²) in [4.78, 5) is 12.9. The Balaban J connectivity index is 1.77. The molecule has 14 nitrogen and oxygen atoms in total. The van der Waals surface area contributed by atoms with Crippen molar-refractivity contribution >= 4 is 5.97 Å². The summed E-state index contributed by atoms with van der Waals surface area (Å²) >= 11 is 0. The number of esters is 1. The minimum absolute atomic E-state index is 0.0621. The molecule has 11 unspecified atom stereocenters. The minimum Gasteiger partial charge on any atom is -0.457 e. The average molecular weight is 877 g/mol. The fourth-order valence-corrected chi connectivity index (χ4v) is 7.75. The van der Waals surface area contributed by atoms with Gasteiger partial charge in [-0.15, -0.1) is 0 Å². The summed E-state index contributed by atoms with van der Waals surface area (Å²) in [6, 6.07) is 0. The molecule has 2 rings (SSSR count). The van der Waals surface area contributed by atoms with E-state index in [4.69, 9.17) is 28.4 Å². The maximum Gasteiger partial charge on any atom is 0.306 e. The van der Waals surface area contributed by atoms with Crippen molar-refractivity contribution in [3.05, 3.63) is 12.2 Å². The Morgan fingerprint density at radius 3 is 1.49 bits per heavy atom. The fraction of sp³-hybridized carbons (Fsp3) is 0.936. The zero-order valence-electron chi connectivity index (χ0n) is 37.9. The van der Waals surface area contributed by atoms with Crippen molar-refractivity contribution in [2.45, 2.75) is 248 Å². The lowest BCUT2D eigenvalue weighted by atomic mass is 9.98. The topological polar surface area (TPSA) is 214 Å². The highest BCUT2D eigenvalue weighted by Crippen LogP contribution is 2.26. The second-order valence-corrected chi connectivity index (χ2v) is 17.3. The van der Waals surface area contributed by atoms with Gasteiger partial charge < -0.3 is 64.2 Å². The first-order chi connectivity index (χ1) is 29.6. The molecule has 2 aliphatic rings. The van der Waals surface area contributed by atoms with E-state index < -0.39 is 80.7 Å². The Kier molecular flexibility index (Phi) is 33.0. The normalized spacial score (nSPS) is 27.5. The molecule has 0 saturated carbocycles. The molecule has 0 aromatic rings. The van der Waals surface area contributed by atoms with E-state index in [-0.39, 0.29) is 25.6 Å². The van der Waals surface area contributed by atoms with Gasteiger partial charge in [0.1, 0.15) is 54.9 Å². The van der Waals surface area contributed by atoms with E-state index in [2.05, 4.69) is 26.0 Å². The lowest BCUT2D eigenvalue weighted by molar-refractivity contribution is -0.332. The molecule has 2 fully saturated rings. The van der Waals surface area contributed by atoms with E-state index in [9.17, 15) is 40.5 Å². The number of hydrogen-bond donors (Lipinski definition) is 7. The predicted molar refractivity (Wildman–Crippen MR) is 234 cm³/mol. The molecule has 0 bridgehead atoms. The van der Waals surface area contributed by atoms with Gasteiger partial charge in [-0.05, 0) is 38.5 Å². The molecule has 11 atom stereocenters. The summed E-state index contributed by atoms with van der Waals surface area (Å²) in [6.07, 6.45) is 18.5. The molecule has 0 spiro atoms. The van der Waals surface area contributed by atoms with E-state index in [0.717, 1.165) is 44.9 Å². The van der Waals surface area contributed by atoms with Gasteiger partial charge in [-0.3, -0.25) is 4.79 Å². The number of unbranched alkanes of at least 4 members (excludes halogenated alkanes) is 22. The van der Waals surface area contributed by atoms with Crippen molar-refractivity contribution in [1.29, 1.82) is 0 Å². The third-order valence-electron chi connectivity index (χ3n) is 11.8. The third-order valence-corrected chi connectivity index (χ3v) is 11.8. The SMILES string of the molecule is CCCCCCCCC/C=C\CCCCCCCCOCC(COC1OC(COC2OC(CO)C(O)C(O)C2O)C(O)C(O)C1O)OC(=O)CCCCCCCCCCCC. The van der Waals surface area contributed by atoms with Crippen LogP contribution in [0.15, 0.2) is 12.2 Å². The van der Waals surface area contributed by atoms with Crippen molar-refractivity contribution < 1.29 is 69.0 Å². The van der Waals surface area contributed by atoms with Crippen LogP contribution in [0.1, 0.15) is 181 Å². The zero-order valence-corrected chi connectivity index (χ0v) is 37.9. The first kappa shape index (κ1) is 55.9. The number of aliphatic hydroxyl groups excluding tert-OH is 7. The summed E-state index contributed by atoms with van der Waals surface area (Å²) < 4.78 is 34.2. The molecular weight excluding hydrogens is 789 g/mol. The Bertz CT molecular complexity index is 1060. The van der Waals surface area contributed by atoms with Crippen LogP contribution in [0.2, 0.25) is 0 Å². The van der Waals surface area contributed by atoms with E-state index in [1.165, 1.54) is 109 Å². The highest BCUT2D eigenvalue weighted by atomic mass is 16.7. The van der Waals surface area contributed by atoms with Gasteiger partial charge in [-0.1, -0.05) is 148 Å². The molecule has 7 N–H and O–H groups in total. The molecule has 0 radical (unpaired) electrons. The van der Waals surface area contributed by atoms with E-state index >= 15 is 0 Å². The molecule has 61 heavy (non-hydrogen) atoms. The predicted octanol–water partition coefficient (Wildman–Crippen LogP) is 6.29. The lowest BCUT2D eigenvalue weighted by Gasteiger charge is -2.42. The van der Waals surface area contributed by atoms with Crippen LogP contribution in [0.4, 0.5) is 0 Å². The molecule has 0 amide bonds. The van der Waals surface area contributed by atoms with Gasteiger partial charge in [0.15, 0.2) is 12.6 Å². The van der Waals surface area contributed by atoms with Crippen LogP contribution in [0.25, 0.3) is 0 Å². The minimum atomic E-state index is -1.70. The Hall–Kier alpha value is -1.27. The van der Waals surface area contributed by atoms with Gasteiger partial charge in [-0.2, -0.15) is 0 Å². The number of rotatable bonds is 38. The molecule has 2 heterocycles. The smallest absolute Gasteiger partial charge is 0.306 e. The van der Waals surface area contributed by atoms with Crippen LogP contribution in [0.5, 0.6) is 0 Å². The van der Waals surface area contributed by atoms with Gasteiger partial charge >= 0.3 is 5.97 Å². The summed E-state index contributed by atoms with van der Waals surface area (Å²) in [7, 11) is 0. The second kappa shape index (κ2) is 36.0. The second-order valence-electron chi connectivity index (χ2n) is 17.3. The maximum absolute atomic E-state index is 12.9. The number of carbonyl (C=O) groups excluding carboxylic acids is 1. The van der Waals surface area contributed by atoms with Gasteiger partial charge in [0.05, 0.1) is 26.4 Å². The summed E-state index contributed by atoms with van der Waals surface area (Å²) in [5.74, 6) is -0.379. The number of aliphatic hydroxyl groups is 7. The summed E-state index contributed by atoms with van der Waals surface area (Å²) in [6.45, 7) is 3.66. The quantitative estimate of drug-likeness (QED) is 0.0206. The van der Waals surface area contributed by atoms with Gasteiger partial charge in [0.2, 0.25) is 0 Å². The van der Waals surface area contributed by atoms with Gasteiger partial charge in [-0.25, -0.2) is 0 Å². The number of hydrogen-bond acceptors (Lipinski definition) is 14. The van der Waals surface area contributed by atoms with Crippen molar-refractivity contribution in [2.24, 2.45) is 0 Å². The van der Waals surface area contributed by atoms with Crippen molar-refractivity contribution in [1.82, 2.24) is 0 Å².